The first-order valence-electron chi connectivity index (χ1n) is 12.1. The van der Waals surface area contributed by atoms with Gasteiger partial charge in [0.25, 0.3) is 5.56 Å². The van der Waals surface area contributed by atoms with Gasteiger partial charge in [-0.1, -0.05) is 65.7 Å². The number of halogens is 1. The summed E-state index contributed by atoms with van der Waals surface area (Å²) in [5.74, 6) is 1.84. The molecule has 1 heterocycles. The van der Waals surface area contributed by atoms with Gasteiger partial charge in [0.2, 0.25) is 0 Å². The fourth-order valence-electron chi connectivity index (χ4n) is 4.00. The van der Waals surface area contributed by atoms with E-state index >= 15 is 0 Å². The maximum absolute atomic E-state index is 13.3. The van der Waals surface area contributed by atoms with Crippen LogP contribution >= 0.6 is 15.9 Å². The number of hydrogen-bond donors (Lipinski definition) is 0. The minimum Gasteiger partial charge on any atom is -0.493 e. The Morgan fingerprint density at radius 2 is 1.89 bits per heavy atom. The van der Waals surface area contributed by atoms with Crippen LogP contribution in [0.4, 0.5) is 0 Å². The summed E-state index contributed by atoms with van der Waals surface area (Å²) in [6.07, 6.45) is 4.06. The molecule has 7 heteroatoms. The van der Waals surface area contributed by atoms with Gasteiger partial charge in [0.1, 0.15) is 12.4 Å². The summed E-state index contributed by atoms with van der Waals surface area (Å²) < 4.78 is 14.1. The van der Waals surface area contributed by atoms with Crippen LogP contribution in [0.1, 0.15) is 47.8 Å². The summed E-state index contributed by atoms with van der Waals surface area (Å²) in [5.41, 5.74) is 4.38. The first-order chi connectivity index (χ1) is 17.8. The second kappa shape index (κ2) is 11.6. The van der Waals surface area contributed by atoms with Crippen LogP contribution < -0.4 is 15.0 Å². The van der Waals surface area contributed by atoms with E-state index in [1.54, 1.807) is 19.4 Å². The number of allylic oxidation sites excluding steroid dienone is 1. The molecule has 3 aromatic carbocycles. The summed E-state index contributed by atoms with van der Waals surface area (Å²) in [6, 6.07) is 17.5. The maximum atomic E-state index is 13.3. The molecule has 0 N–H and O–H groups in total. The lowest BCUT2D eigenvalue weighted by atomic mass is 10.1. The third-order valence-corrected chi connectivity index (χ3v) is 6.41. The van der Waals surface area contributed by atoms with Crippen molar-refractivity contribution in [3.8, 4) is 11.5 Å². The minimum absolute atomic E-state index is 0.00121. The van der Waals surface area contributed by atoms with Gasteiger partial charge in [0.05, 0.1) is 24.2 Å². The molecule has 0 aliphatic carbocycles. The van der Waals surface area contributed by atoms with Crippen LogP contribution in [-0.4, -0.2) is 23.0 Å². The summed E-state index contributed by atoms with van der Waals surface area (Å²) in [4.78, 5) is 18.1. The van der Waals surface area contributed by atoms with Crippen molar-refractivity contribution >= 4 is 33.0 Å². The van der Waals surface area contributed by atoms with Crippen molar-refractivity contribution in [2.45, 2.75) is 39.7 Å². The molecule has 4 aromatic rings. The normalized spacial score (nSPS) is 11.4. The summed E-state index contributed by atoms with van der Waals surface area (Å²) in [6.45, 7) is 10.3. The van der Waals surface area contributed by atoms with Crippen LogP contribution in [0, 0.1) is 6.92 Å². The number of hydrogen-bond acceptors (Lipinski definition) is 5. The van der Waals surface area contributed by atoms with E-state index in [4.69, 9.17) is 14.5 Å². The molecule has 0 unspecified atom stereocenters. The van der Waals surface area contributed by atoms with E-state index in [9.17, 15) is 4.79 Å². The topological polar surface area (TPSA) is 65.7 Å². The van der Waals surface area contributed by atoms with E-state index in [0.717, 1.165) is 21.2 Å². The van der Waals surface area contributed by atoms with Crippen LogP contribution in [-0.2, 0) is 13.0 Å². The van der Waals surface area contributed by atoms with E-state index in [-0.39, 0.29) is 11.5 Å². The molecule has 0 saturated carbocycles. The Bertz CT molecular complexity index is 1520. The van der Waals surface area contributed by atoms with Gasteiger partial charge < -0.3 is 9.47 Å². The third kappa shape index (κ3) is 6.00. The van der Waals surface area contributed by atoms with E-state index in [0.29, 0.717) is 41.3 Å². The van der Waals surface area contributed by atoms with Gasteiger partial charge in [-0.15, -0.1) is 6.58 Å². The third-order valence-electron chi connectivity index (χ3n) is 5.91. The zero-order chi connectivity index (χ0) is 26.5. The quantitative estimate of drug-likeness (QED) is 0.167. The van der Waals surface area contributed by atoms with Crippen molar-refractivity contribution in [2.75, 3.05) is 7.11 Å². The van der Waals surface area contributed by atoms with Crippen molar-refractivity contribution in [1.82, 2.24) is 9.66 Å². The van der Waals surface area contributed by atoms with Gasteiger partial charge in [0, 0.05) is 16.0 Å². The highest BCUT2D eigenvalue weighted by molar-refractivity contribution is 9.10. The zero-order valence-electron chi connectivity index (χ0n) is 21.5. The van der Waals surface area contributed by atoms with Gasteiger partial charge >= 0.3 is 0 Å². The lowest BCUT2D eigenvalue weighted by molar-refractivity contribution is 0.282. The standard InChI is InChI=1S/C30H30BrN3O3/c1-6-7-23-14-22(15-27(36-5)28(23)37-18-21-10-8-20(4)9-11-21)17-32-34-29(19(2)3)33-26-13-12-24(31)16-25(26)30(34)35/h6,8-17,19H,1,7,18H2,2-5H3. The highest BCUT2D eigenvalue weighted by Gasteiger charge is 2.15. The first-order valence-corrected chi connectivity index (χ1v) is 12.9. The van der Waals surface area contributed by atoms with Gasteiger partial charge in [-0.2, -0.15) is 9.78 Å². The van der Waals surface area contributed by atoms with E-state index in [2.05, 4.69) is 58.8 Å². The van der Waals surface area contributed by atoms with Gasteiger partial charge in [-0.3, -0.25) is 4.79 Å². The van der Waals surface area contributed by atoms with Crippen LogP contribution in [0.25, 0.3) is 10.9 Å². The second-order valence-electron chi connectivity index (χ2n) is 9.13. The van der Waals surface area contributed by atoms with Crippen molar-refractivity contribution < 1.29 is 9.47 Å². The van der Waals surface area contributed by atoms with Gasteiger partial charge in [-0.25, -0.2) is 4.98 Å². The highest BCUT2D eigenvalue weighted by Crippen LogP contribution is 2.34. The molecule has 0 bridgehead atoms. The molecule has 0 saturated heterocycles. The molecule has 1 aromatic heterocycles. The average molecular weight is 560 g/mol. The predicted molar refractivity (Wildman–Crippen MR) is 153 cm³/mol. The molecule has 0 atom stereocenters. The Morgan fingerprint density at radius 1 is 1.14 bits per heavy atom. The monoisotopic (exact) mass is 559 g/mol. The Hall–Kier alpha value is -3.71. The van der Waals surface area contributed by atoms with Crippen molar-refractivity contribution in [1.29, 1.82) is 0 Å². The number of rotatable bonds is 9. The second-order valence-corrected chi connectivity index (χ2v) is 10.0. The van der Waals surface area contributed by atoms with Crippen LogP contribution in [0.2, 0.25) is 0 Å². The molecule has 0 amide bonds. The molecular formula is C30H30BrN3O3. The molecule has 0 radical (unpaired) electrons. The first kappa shape index (κ1) is 26.4. The number of methoxy groups -OCH3 is 1. The van der Waals surface area contributed by atoms with Gasteiger partial charge in [0.15, 0.2) is 11.5 Å². The zero-order valence-corrected chi connectivity index (χ0v) is 23.1. The van der Waals surface area contributed by atoms with E-state index in [1.165, 1.54) is 10.2 Å². The van der Waals surface area contributed by atoms with Crippen LogP contribution in [0.15, 0.2) is 81.6 Å². The van der Waals surface area contributed by atoms with Gasteiger partial charge in [-0.05, 0) is 54.8 Å². The summed E-state index contributed by atoms with van der Waals surface area (Å²) in [5, 5.41) is 5.06. The number of nitrogens with zero attached hydrogens (tertiary/aromatic N) is 3. The minimum atomic E-state index is -0.220. The lowest BCUT2D eigenvalue weighted by Crippen LogP contribution is -2.23. The maximum Gasteiger partial charge on any atom is 0.282 e. The van der Waals surface area contributed by atoms with Crippen molar-refractivity contribution in [2.24, 2.45) is 5.10 Å². The Labute approximate surface area is 225 Å². The van der Waals surface area contributed by atoms with Crippen molar-refractivity contribution in [3.05, 3.63) is 110 Å². The Balaban J connectivity index is 1.73. The fraction of sp³-hybridized carbons (Fsp3) is 0.233. The number of aryl methyl sites for hydroxylation is 1. The van der Waals surface area contributed by atoms with Crippen LogP contribution in [0.3, 0.4) is 0 Å². The highest BCUT2D eigenvalue weighted by atomic mass is 79.9. The Kier molecular flexibility index (Phi) is 8.24. The molecule has 6 nitrogen and oxygen atoms in total. The van der Waals surface area contributed by atoms with E-state index in [1.807, 2.05) is 44.2 Å². The number of fused-ring (bicyclic) bond motifs is 1. The number of benzene rings is 3. The molecule has 0 spiro atoms. The molecule has 4 rings (SSSR count). The largest absolute Gasteiger partial charge is 0.493 e. The number of ether oxygens (including phenoxy) is 2. The summed E-state index contributed by atoms with van der Waals surface area (Å²) >= 11 is 3.44. The molecule has 190 valence electrons. The SMILES string of the molecule is C=CCc1cc(C=Nn2c(C(C)C)nc3ccc(Br)cc3c2=O)cc(OC)c1OCc1ccc(C)cc1. The molecule has 0 fully saturated rings. The molecule has 37 heavy (non-hydrogen) atoms. The fourth-order valence-corrected chi connectivity index (χ4v) is 4.36. The Morgan fingerprint density at radius 3 is 2.57 bits per heavy atom. The molecule has 0 aliphatic rings. The molecular weight excluding hydrogens is 530 g/mol. The van der Waals surface area contributed by atoms with E-state index < -0.39 is 0 Å². The molecule has 0 aliphatic heterocycles. The predicted octanol–water partition coefficient (Wildman–Crippen LogP) is 6.79. The van der Waals surface area contributed by atoms with Crippen LogP contribution in [0.5, 0.6) is 11.5 Å². The lowest BCUT2D eigenvalue weighted by Gasteiger charge is -2.16. The number of aromatic nitrogens is 2. The van der Waals surface area contributed by atoms with Crippen molar-refractivity contribution in [3.63, 3.8) is 0 Å². The average Bonchev–Trinajstić information content (AvgIpc) is 2.88. The smallest absolute Gasteiger partial charge is 0.282 e. The summed E-state index contributed by atoms with van der Waals surface area (Å²) in [7, 11) is 1.61.